The first kappa shape index (κ1) is 24.2. The highest BCUT2D eigenvalue weighted by Crippen LogP contribution is 2.40. The molecule has 9 nitrogen and oxygen atoms in total. The fourth-order valence-electron chi connectivity index (χ4n) is 3.97. The van der Waals surface area contributed by atoms with Crippen LogP contribution in [0, 0.1) is 6.92 Å². The van der Waals surface area contributed by atoms with Crippen LogP contribution >= 0.6 is 15.9 Å². The molecular formula is C24H29BrN6O3. The summed E-state index contributed by atoms with van der Waals surface area (Å²) in [7, 11) is 0. The number of aryl methyl sites for hydroxylation is 1. The Labute approximate surface area is 206 Å². The lowest BCUT2D eigenvalue weighted by Crippen LogP contribution is -2.50. The summed E-state index contributed by atoms with van der Waals surface area (Å²) in [5.41, 5.74) is 2.27. The van der Waals surface area contributed by atoms with E-state index in [4.69, 9.17) is 4.74 Å². The van der Waals surface area contributed by atoms with Crippen molar-refractivity contribution < 1.29 is 14.3 Å². The van der Waals surface area contributed by atoms with Gasteiger partial charge in [-0.3, -0.25) is 14.7 Å². The minimum absolute atomic E-state index is 0.120. The highest BCUT2D eigenvalue weighted by molar-refractivity contribution is 9.10. The van der Waals surface area contributed by atoms with E-state index in [1.165, 1.54) is 6.20 Å². The van der Waals surface area contributed by atoms with Crippen molar-refractivity contribution in [2.75, 3.05) is 23.3 Å². The van der Waals surface area contributed by atoms with Crippen molar-refractivity contribution >= 4 is 50.3 Å². The molecule has 34 heavy (non-hydrogen) atoms. The molecule has 1 aliphatic rings. The number of anilines is 2. The number of piperidine rings is 1. The van der Waals surface area contributed by atoms with Crippen molar-refractivity contribution in [3.8, 4) is 0 Å². The van der Waals surface area contributed by atoms with Crippen molar-refractivity contribution in [1.82, 2.24) is 20.3 Å². The van der Waals surface area contributed by atoms with Gasteiger partial charge in [-0.1, -0.05) is 0 Å². The maximum absolute atomic E-state index is 13.5. The van der Waals surface area contributed by atoms with Crippen molar-refractivity contribution in [1.29, 1.82) is 0 Å². The molecule has 0 spiro atoms. The van der Waals surface area contributed by atoms with Gasteiger partial charge in [0.15, 0.2) is 0 Å². The number of aromatic amines is 1. The Morgan fingerprint density at radius 2 is 2.03 bits per heavy atom. The molecule has 0 aliphatic carbocycles. The zero-order valence-corrected chi connectivity index (χ0v) is 21.3. The first-order valence-corrected chi connectivity index (χ1v) is 12.1. The number of carbonyl (C=O) groups is 2. The van der Waals surface area contributed by atoms with Gasteiger partial charge in [0.2, 0.25) is 0 Å². The zero-order valence-electron chi connectivity index (χ0n) is 19.7. The van der Waals surface area contributed by atoms with Gasteiger partial charge in [0.25, 0.3) is 5.91 Å². The molecule has 3 aromatic heterocycles. The predicted molar refractivity (Wildman–Crippen MR) is 135 cm³/mol. The second-order valence-electron chi connectivity index (χ2n) is 9.37. The van der Waals surface area contributed by atoms with Crippen LogP contribution in [0.25, 0.3) is 11.0 Å². The normalized spacial score (nSPS) is 16.3. The number of hydrogen-bond acceptors (Lipinski definition) is 6. The number of nitrogens with zero attached hydrogens (tertiary/aromatic N) is 3. The van der Waals surface area contributed by atoms with Gasteiger partial charge < -0.3 is 20.4 Å². The maximum atomic E-state index is 13.5. The largest absolute Gasteiger partial charge is 0.443 e. The minimum atomic E-state index is -0.663. The highest BCUT2D eigenvalue weighted by Gasteiger charge is 2.34. The number of halogens is 1. The monoisotopic (exact) mass is 528 g/mol. The van der Waals surface area contributed by atoms with Gasteiger partial charge in [0.1, 0.15) is 11.2 Å². The van der Waals surface area contributed by atoms with Crippen LogP contribution in [-0.2, 0) is 4.74 Å². The summed E-state index contributed by atoms with van der Waals surface area (Å²) in [4.78, 5) is 39.9. The quantitative estimate of drug-likeness (QED) is 0.449. The van der Waals surface area contributed by atoms with Gasteiger partial charge in [-0.25, -0.2) is 9.78 Å². The molecule has 1 aliphatic heterocycles. The lowest BCUT2D eigenvalue weighted by molar-refractivity contribution is 0.0560. The number of hydrogen-bond donors (Lipinski definition) is 3. The summed E-state index contributed by atoms with van der Waals surface area (Å²) in [5, 5.41) is 6.94. The van der Waals surface area contributed by atoms with Crippen molar-refractivity contribution in [3.05, 3.63) is 46.5 Å². The Morgan fingerprint density at radius 1 is 1.24 bits per heavy atom. The zero-order chi connectivity index (χ0) is 24.5. The number of carbonyl (C=O) groups excluding carboxylic acids is 2. The van der Waals surface area contributed by atoms with Crippen LogP contribution in [0.5, 0.6) is 0 Å². The van der Waals surface area contributed by atoms with Crippen LogP contribution in [0.1, 0.15) is 49.7 Å². The average Bonchev–Trinajstić information content (AvgIpc) is 3.18. The molecule has 1 saturated heterocycles. The van der Waals surface area contributed by atoms with Gasteiger partial charge in [0, 0.05) is 30.8 Å². The molecule has 3 N–H and O–H groups in total. The Bertz CT molecular complexity index is 1200. The molecule has 4 rings (SSSR count). The average molecular weight is 529 g/mol. The summed E-state index contributed by atoms with van der Waals surface area (Å²) in [6.07, 6.45) is 6.18. The second-order valence-corrected chi connectivity index (χ2v) is 10.2. The maximum Gasteiger partial charge on any atom is 0.415 e. The summed E-state index contributed by atoms with van der Waals surface area (Å²) < 4.78 is 6.43. The van der Waals surface area contributed by atoms with Crippen LogP contribution in [0.4, 0.5) is 16.2 Å². The van der Waals surface area contributed by atoms with E-state index in [1.54, 1.807) is 29.4 Å². The molecule has 0 unspecified atom stereocenters. The third-order valence-corrected chi connectivity index (χ3v) is 6.10. The third-order valence-electron chi connectivity index (χ3n) is 5.52. The van der Waals surface area contributed by atoms with Crippen molar-refractivity contribution in [2.45, 2.75) is 52.2 Å². The summed E-state index contributed by atoms with van der Waals surface area (Å²) >= 11 is 3.60. The van der Waals surface area contributed by atoms with Crippen LogP contribution in [0.3, 0.4) is 0 Å². The number of nitrogens with one attached hydrogen (secondary N) is 3. The van der Waals surface area contributed by atoms with E-state index >= 15 is 0 Å². The minimum Gasteiger partial charge on any atom is -0.443 e. The topological polar surface area (TPSA) is 112 Å². The number of rotatable bonds is 4. The number of H-pyrrole nitrogens is 1. The van der Waals surface area contributed by atoms with Gasteiger partial charge >= 0.3 is 6.09 Å². The van der Waals surface area contributed by atoms with Gasteiger partial charge in [0.05, 0.1) is 32.8 Å². The molecule has 0 radical (unpaired) electrons. The Morgan fingerprint density at radius 3 is 2.68 bits per heavy atom. The second kappa shape index (κ2) is 9.71. The number of fused-ring (bicyclic) bond motifs is 1. The Kier molecular flexibility index (Phi) is 6.90. The molecular weight excluding hydrogens is 500 g/mol. The van der Waals surface area contributed by atoms with Gasteiger partial charge in [-0.2, -0.15) is 0 Å². The summed E-state index contributed by atoms with van der Waals surface area (Å²) in [6, 6.07) is 3.39. The fourth-order valence-corrected chi connectivity index (χ4v) is 4.47. The van der Waals surface area contributed by atoms with E-state index in [-0.39, 0.29) is 11.9 Å². The molecule has 180 valence electrons. The number of aromatic nitrogens is 3. The predicted octanol–water partition coefficient (Wildman–Crippen LogP) is 4.77. The van der Waals surface area contributed by atoms with E-state index in [1.807, 2.05) is 27.7 Å². The molecule has 2 amide bonds. The molecule has 0 saturated carbocycles. The van der Waals surface area contributed by atoms with Crippen LogP contribution in [-0.4, -0.2) is 51.7 Å². The van der Waals surface area contributed by atoms with E-state index < -0.39 is 11.7 Å². The number of amides is 2. The van der Waals surface area contributed by atoms with E-state index in [2.05, 4.69) is 41.5 Å². The van der Waals surface area contributed by atoms with E-state index in [0.717, 1.165) is 25.1 Å². The molecule has 0 bridgehead atoms. The molecule has 1 fully saturated rings. The summed E-state index contributed by atoms with van der Waals surface area (Å²) in [6.45, 7) is 8.94. The first-order chi connectivity index (χ1) is 16.1. The fraction of sp³-hybridized carbons (Fsp3) is 0.417. The number of pyridine rings is 2. The van der Waals surface area contributed by atoms with Crippen LogP contribution in [0.2, 0.25) is 0 Å². The van der Waals surface area contributed by atoms with Crippen LogP contribution in [0.15, 0.2) is 35.2 Å². The molecule has 0 aromatic carbocycles. The van der Waals surface area contributed by atoms with Crippen molar-refractivity contribution in [3.63, 3.8) is 0 Å². The Balaban J connectivity index is 1.79. The molecule has 1 atom stereocenters. The highest BCUT2D eigenvalue weighted by atomic mass is 79.9. The standard InChI is InChI=1S/C24H29BrN6O3/c1-14-7-8-15(10-27-14)22(32)30-18-13-29-21-19(18)20(17(25)12-28-21)31(16-6-5-9-26-11-16)23(33)34-24(2,3)4/h7-8,10,12-13,16,26H,5-6,9,11H2,1-4H3,(H,28,29)(H,30,32)/t16-/m1/s1. The molecule has 3 aromatic rings. The lowest BCUT2D eigenvalue weighted by Gasteiger charge is -2.36. The smallest absolute Gasteiger partial charge is 0.415 e. The first-order valence-electron chi connectivity index (χ1n) is 11.3. The SMILES string of the molecule is Cc1ccc(C(=O)Nc2c[nH]c3ncc(Br)c(N(C(=O)OC(C)(C)C)[C@@H]4CCCNC4)c23)cn1. The van der Waals surface area contributed by atoms with E-state index in [9.17, 15) is 9.59 Å². The van der Waals surface area contributed by atoms with E-state index in [0.29, 0.717) is 39.0 Å². The molecule has 10 heteroatoms. The van der Waals surface area contributed by atoms with Gasteiger partial charge in [-0.05, 0) is 75.1 Å². The van der Waals surface area contributed by atoms with Gasteiger partial charge in [-0.15, -0.1) is 0 Å². The van der Waals surface area contributed by atoms with Crippen molar-refractivity contribution in [2.24, 2.45) is 0 Å². The van der Waals surface area contributed by atoms with Crippen LogP contribution < -0.4 is 15.5 Å². The number of ether oxygens (including phenoxy) is 1. The molecule has 4 heterocycles. The third kappa shape index (κ3) is 5.23. The Hall–Kier alpha value is -2.98. The summed E-state index contributed by atoms with van der Waals surface area (Å²) in [5.74, 6) is -0.303. The lowest BCUT2D eigenvalue weighted by atomic mass is 10.0.